The van der Waals surface area contributed by atoms with E-state index in [-0.39, 0.29) is 23.4 Å². The maximum absolute atomic E-state index is 11.7. The largest absolute Gasteiger partial charge is 0.299 e. The molecule has 80 valence electrons. The lowest BCUT2D eigenvalue weighted by atomic mass is 9.81. The van der Waals surface area contributed by atoms with Gasteiger partial charge in [-0.1, -0.05) is 26.8 Å². The highest BCUT2D eigenvalue weighted by Gasteiger charge is 2.27. The lowest BCUT2D eigenvalue weighted by Gasteiger charge is -2.21. The first-order chi connectivity index (χ1) is 6.44. The van der Waals surface area contributed by atoms with Gasteiger partial charge in [0.1, 0.15) is 11.6 Å². The Labute approximate surface area is 86.4 Å². The van der Waals surface area contributed by atoms with E-state index in [2.05, 4.69) is 6.58 Å². The Morgan fingerprint density at radius 3 is 2.36 bits per heavy atom. The van der Waals surface area contributed by atoms with Gasteiger partial charge < -0.3 is 0 Å². The van der Waals surface area contributed by atoms with Crippen LogP contribution in [0.2, 0.25) is 0 Å². The van der Waals surface area contributed by atoms with Crippen molar-refractivity contribution >= 4 is 11.6 Å². The average Bonchev–Trinajstić information content (AvgIpc) is 2.14. The van der Waals surface area contributed by atoms with Gasteiger partial charge in [-0.2, -0.15) is 0 Å². The summed E-state index contributed by atoms with van der Waals surface area (Å²) in [5.74, 6) is 0.0767. The predicted molar refractivity (Wildman–Crippen MR) is 58.1 cm³/mol. The quantitative estimate of drug-likeness (QED) is 0.463. The van der Waals surface area contributed by atoms with E-state index in [1.165, 1.54) is 0 Å². The maximum atomic E-state index is 11.7. The Morgan fingerprint density at radius 1 is 1.36 bits per heavy atom. The second-order valence-electron chi connectivity index (χ2n) is 4.20. The van der Waals surface area contributed by atoms with E-state index in [0.717, 1.165) is 12.8 Å². The van der Waals surface area contributed by atoms with Crippen LogP contribution in [0.5, 0.6) is 0 Å². The summed E-state index contributed by atoms with van der Waals surface area (Å²) in [5, 5.41) is 0. The van der Waals surface area contributed by atoms with Crippen molar-refractivity contribution < 1.29 is 9.59 Å². The molecule has 0 aromatic heterocycles. The number of carbonyl (C=O) groups excluding carboxylic acids is 2. The molecule has 14 heavy (non-hydrogen) atoms. The number of carbonyl (C=O) groups is 2. The fourth-order valence-corrected chi connectivity index (χ4v) is 1.15. The zero-order chi connectivity index (χ0) is 11.2. The minimum absolute atomic E-state index is 0.0293. The summed E-state index contributed by atoms with van der Waals surface area (Å²) in [7, 11) is 0. The topological polar surface area (TPSA) is 34.1 Å². The molecule has 0 aliphatic carbocycles. The second kappa shape index (κ2) is 5.74. The fourth-order valence-electron chi connectivity index (χ4n) is 1.15. The zero-order valence-corrected chi connectivity index (χ0v) is 9.43. The van der Waals surface area contributed by atoms with Gasteiger partial charge in [-0.05, 0) is 12.8 Å². The van der Waals surface area contributed by atoms with E-state index < -0.39 is 0 Å². The van der Waals surface area contributed by atoms with Gasteiger partial charge in [-0.15, -0.1) is 6.58 Å². The van der Waals surface area contributed by atoms with Crippen LogP contribution in [-0.2, 0) is 9.59 Å². The molecule has 0 fully saturated rings. The van der Waals surface area contributed by atoms with Gasteiger partial charge >= 0.3 is 0 Å². The molecule has 0 aromatic carbocycles. The normalized spacial score (nSPS) is 11.1. The van der Waals surface area contributed by atoms with Gasteiger partial charge in [0.05, 0.1) is 6.42 Å². The highest BCUT2D eigenvalue weighted by Crippen LogP contribution is 2.25. The molecule has 0 aliphatic rings. The third-order valence-corrected chi connectivity index (χ3v) is 2.48. The maximum Gasteiger partial charge on any atom is 0.145 e. The Balaban J connectivity index is 4.20. The first kappa shape index (κ1) is 13.1. The lowest BCUT2D eigenvalue weighted by Crippen LogP contribution is -2.26. The van der Waals surface area contributed by atoms with E-state index in [1.807, 2.05) is 13.8 Å². The Morgan fingerprint density at radius 2 is 1.93 bits per heavy atom. The summed E-state index contributed by atoms with van der Waals surface area (Å²) < 4.78 is 0. The molecule has 0 radical (unpaired) electrons. The molecule has 0 aromatic rings. The van der Waals surface area contributed by atoms with Crippen LogP contribution in [0, 0.1) is 5.41 Å². The van der Waals surface area contributed by atoms with Gasteiger partial charge in [-0.25, -0.2) is 0 Å². The van der Waals surface area contributed by atoms with Crippen LogP contribution in [0.25, 0.3) is 0 Å². The first-order valence-electron chi connectivity index (χ1n) is 5.10. The number of hydrogen-bond donors (Lipinski definition) is 0. The van der Waals surface area contributed by atoms with Gasteiger partial charge in [0.15, 0.2) is 0 Å². The van der Waals surface area contributed by atoms with Crippen LogP contribution in [0.3, 0.4) is 0 Å². The standard InChI is InChI=1S/C12H20O2/c1-5-7-8-12(3,4)11(14)9-10(13)6-2/h5H,1,6-9H2,2-4H3. The minimum Gasteiger partial charge on any atom is -0.299 e. The van der Waals surface area contributed by atoms with Crippen molar-refractivity contribution in [2.45, 2.75) is 46.5 Å². The number of rotatable bonds is 7. The number of allylic oxidation sites excluding steroid dienone is 1. The van der Waals surface area contributed by atoms with Crippen molar-refractivity contribution in [2.24, 2.45) is 5.41 Å². The molecule has 0 spiro atoms. The molecule has 0 unspecified atom stereocenters. The van der Waals surface area contributed by atoms with E-state index >= 15 is 0 Å². The summed E-state index contributed by atoms with van der Waals surface area (Å²) in [5.41, 5.74) is -0.390. The molecule has 0 N–H and O–H groups in total. The highest BCUT2D eigenvalue weighted by atomic mass is 16.1. The zero-order valence-electron chi connectivity index (χ0n) is 9.43. The highest BCUT2D eigenvalue weighted by molar-refractivity contribution is 6.01. The van der Waals surface area contributed by atoms with Crippen LogP contribution in [0.1, 0.15) is 46.5 Å². The van der Waals surface area contributed by atoms with Crippen molar-refractivity contribution in [3.63, 3.8) is 0 Å². The van der Waals surface area contributed by atoms with Crippen molar-refractivity contribution in [2.75, 3.05) is 0 Å². The molecule has 0 amide bonds. The number of ketones is 2. The van der Waals surface area contributed by atoms with Gasteiger partial charge in [0.25, 0.3) is 0 Å². The van der Waals surface area contributed by atoms with Crippen LogP contribution < -0.4 is 0 Å². The van der Waals surface area contributed by atoms with Crippen molar-refractivity contribution in [3.05, 3.63) is 12.7 Å². The molecule has 0 atom stereocenters. The summed E-state index contributed by atoms with van der Waals surface area (Å²) in [6.45, 7) is 9.19. The van der Waals surface area contributed by atoms with Crippen LogP contribution in [0.15, 0.2) is 12.7 Å². The third kappa shape index (κ3) is 4.35. The van der Waals surface area contributed by atoms with Gasteiger partial charge in [-0.3, -0.25) is 9.59 Å². The molecule has 0 bridgehead atoms. The molecular weight excluding hydrogens is 176 g/mol. The summed E-state index contributed by atoms with van der Waals surface area (Å²) >= 11 is 0. The smallest absolute Gasteiger partial charge is 0.145 e. The SMILES string of the molecule is C=CCCC(C)(C)C(=O)CC(=O)CC. The monoisotopic (exact) mass is 196 g/mol. The average molecular weight is 196 g/mol. The molecule has 0 saturated carbocycles. The minimum atomic E-state index is -0.390. The Bertz CT molecular complexity index is 226. The Kier molecular flexibility index (Phi) is 5.36. The molecule has 0 aliphatic heterocycles. The molecule has 2 nitrogen and oxygen atoms in total. The summed E-state index contributed by atoms with van der Waals surface area (Å²) in [4.78, 5) is 22.8. The van der Waals surface area contributed by atoms with E-state index in [9.17, 15) is 9.59 Å². The third-order valence-electron chi connectivity index (χ3n) is 2.48. The second-order valence-corrected chi connectivity index (χ2v) is 4.20. The van der Waals surface area contributed by atoms with Crippen LogP contribution >= 0.6 is 0 Å². The molecule has 0 heterocycles. The fraction of sp³-hybridized carbons (Fsp3) is 0.667. The molecule has 0 rings (SSSR count). The number of hydrogen-bond acceptors (Lipinski definition) is 2. The van der Waals surface area contributed by atoms with Crippen molar-refractivity contribution in [1.29, 1.82) is 0 Å². The van der Waals surface area contributed by atoms with Crippen LogP contribution in [0.4, 0.5) is 0 Å². The Hall–Kier alpha value is -0.920. The van der Waals surface area contributed by atoms with Crippen molar-refractivity contribution in [1.82, 2.24) is 0 Å². The van der Waals surface area contributed by atoms with E-state index in [1.54, 1.807) is 13.0 Å². The summed E-state index contributed by atoms with van der Waals surface area (Å²) in [6.07, 6.45) is 3.92. The molecule has 0 saturated heterocycles. The van der Waals surface area contributed by atoms with Gasteiger partial charge in [0.2, 0.25) is 0 Å². The summed E-state index contributed by atoms with van der Waals surface area (Å²) in [6, 6.07) is 0. The van der Waals surface area contributed by atoms with Crippen molar-refractivity contribution in [3.8, 4) is 0 Å². The molecular formula is C12H20O2. The first-order valence-corrected chi connectivity index (χ1v) is 5.10. The van der Waals surface area contributed by atoms with E-state index in [4.69, 9.17) is 0 Å². The predicted octanol–water partition coefficient (Wildman–Crippen LogP) is 2.92. The molecule has 2 heteroatoms. The van der Waals surface area contributed by atoms with Gasteiger partial charge in [0, 0.05) is 11.8 Å². The van der Waals surface area contributed by atoms with E-state index in [0.29, 0.717) is 6.42 Å². The number of Topliss-reactive ketones (excluding diaryl/α,β-unsaturated/α-hetero) is 2. The lowest BCUT2D eigenvalue weighted by molar-refractivity contribution is -0.132. The van der Waals surface area contributed by atoms with Crippen LogP contribution in [-0.4, -0.2) is 11.6 Å².